The SMILES string of the molecule is Cc1nccc(OC2CCN(C(=O)Cn3ncccc3=O)CC2)n1. The molecule has 2 aromatic heterocycles. The lowest BCUT2D eigenvalue weighted by molar-refractivity contribution is -0.133. The zero-order valence-electron chi connectivity index (χ0n) is 13.5. The molecular weight excluding hydrogens is 310 g/mol. The molecule has 1 aliphatic rings. The summed E-state index contributed by atoms with van der Waals surface area (Å²) in [7, 11) is 0. The lowest BCUT2D eigenvalue weighted by Crippen LogP contribution is -2.44. The van der Waals surface area contributed by atoms with E-state index >= 15 is 0 Å². The topological polar surface area (TPSA) is 90.2 Å². The summed E-state index contributed by atoms with van der Waals surface area (Å²) in [5.74, 6) is 1.13. The van der Waals surface area contributed by atoms with E-state index in [0.29, 0.717) is 24.8 Å². The zero-order chi connectivity index (χ0) is 16.9. The van der Waals surface area contributed by atoms with Crippen molar-refractivity contribution in [2.24, 2.45) is 0 Å². The average molecular weight is 329 g/mol. The van der Waals surface area contributed by atoms with Gasteiger partial charge in [0.15, 0.2) is 0 Å². The highest BCUT2D eigenvalue weighted by atomic mass is 16.5. The normalized spacial score (nSPS) is 15.3. The molecule has 0 spiro atoms. The maximum absolute atomic E-state index is 12.3. The van der Waals surface area contributed by atoms with Crippen LogP contribution in [0.1, 0.15) is 18.7 Å². The summed E-state index contributed by atoms with van der Waals surface area (Å²) in [6.07, 6.45) is 4.65. The fraction of sp³-hybridized carbons (Fsp3) is 0.438. The molecule has 1 aliphatic heterocycles. The molecule has 126 valence electrons. The first-order valence-corrected chi connectivity index (χ1v) is 7.88. The standard InChI is InChI=1S/C16H19N5O3/c1-12-17-8-4-14(19-12)24-13-5-9-20(10-6-13)16(23)11-21-15(22)3-2-7-18-21/h2-4,7-8,13H,5-6,9-11H2,1H3. The van der Waals surface area contributed by atoms with Gasteiger partial charge in [0.05, 0.1) is 0 Å². The van der Waals surface area contributed by atoms with Crippen molar-refractivity contribution in [2.75, 3.05) is 13.1 Å². The van der Waals surface area contributed by atoms with Crippen molar-refractivity contribution >= 4 is 5.91 Å². The van der Waals surface area contributed by atoms with E-state index in [1.807, 2.05) is 6.92 Å². The van der Waals surface area contributed by atoms with Crippen LogP contribution in [0, 0.1) is 6.92 Å². The smallest absolute Gasteiger partial charge is 0.267 e. The molecule has 0 bridgehead atoms. The highest BCUT2D eigenvalue weighted by molar-refractivity contribution is 5.75. The van der Waals surface area contributed by atoms with Crippen molar-refractivity contribution in [2.45, 2.75) is 32.4 Å². The molecule has 8 nitrogen and oxygen atoms in total. The quantitative estimate of drug-likeness (QED) is 0.807. The van der Waals surface area contributed by atoms with Gasteiger partial charge in [-0.3, -0.25) is 9.59 Å². The molecule has 1 amide bonds. The predicted molar refractivity (Wildman–Crippen MR) is 85.5 cm³/mol. The molecule has 1 fully saturated rings. The molecular formula is C16H19N5O3. The van der Waals surface area contributed by atoms with Crippen molar-refractivity contribution in [1.82, 2.24) is 24.6 Å². The first-order valence-electron chi connectivity index (χ1n) is 7.88. The number of hydrogen-bond donors (Lipinski definition) is 0. The van der Waals surface area contributed by atoms with E-state index in [4.69, 9.17) is 4.74 Å². The van der Waals surface area contributed by atoms with E-state index in [1.165, 1.54) is 16.9 Å². The molecule has 1 saturated heterocycles. The van der Waals surface area contributed by atoms with Crippen molar-refractivity contribution in [3.8, 4) is 5.88 Å². The maximum atomic E-state index is 12.3. The van der Waals surface area contributed by atoms with Crippen molar-refractivity contribution < 1.29 is 9.53 Å². The van der Waals surface area contributed by atoms with E-state index in [1.54, 1.807) is 23.2 Å². The van der Waals surface area contributed by atoms with Gasteiger partial charge in [0, 0.05) is 50.5 Å². The highest BCUT2D eigenvalue weighted by Crippen LogP contribution is 2.17. The second-order valence-corrected chi connectivity index (χ2v) is 5.66. The summed E-state index contributed by atoms with van der Waals surface area (Å²) in [6, 6.07) is 4.68. The number of rotatable bonds is 4. The third-order valence-electron chi connectivity index (χ3n) is 3.90. The fourth-order valence-electron chi connectivity index (χ4n) is 2.63. The summed E-state index contributed by atoms with van der Waals surface area (Å²) >= 11 is 0. The third-order valence-corrected chi connectivity index (χ3v) is 3.90. The minimum Gasteiger partial charge on any atom is -0.474 e. The van der Waals surface area contributed by atoms with Gasteiger partial charge in [-0.05, 0) is 13.0 Å². The Hall–Kier alpha value is -2.77. The van der Waals surface area contributed by atoms with Crippen LogP contribution in [0.15, 0.2) is 35.4 Å². The number of piperidine rings is 1. The number of carbonyl (C=O) groups is 1. The molecule has 0 atom stereocenters. The molecule has 0 N–H and O–H groups in total. The number of hydrogen-bond acceptors (Lipinski definition) is 6. The molecule has 3 heterocycles. The number of carbonyl (C=O) groups excluding carboxylic acids is 1. The summed E-state index contributed by atoms with van der Waals surface area (Å²) in [5, 5.41) is 3.91. The van der Waals surface area contributed by atoms with Gasteiger partial charge in [-0.1, -0.05) is 0 Å². The van der Waals surface area contributed by atoms with Gasteiger partial charge in [0.2, 0.25) is 11.8 Å². The molecule has 0 radical (unpaired) electrons. The van der Waals surface area contributed by atoms with E-state index in [-0.39, 0.29) is 24.1 Å². The lowest BCUT2D eigenvalue weighted by atomic mass is 10.1. The number of ether oxygens (including phenoxy) is 1. The van der Waals surface area contributed by atoms with Crippen LogP contribution in [0.25, 0.3) is 0 Å². The molecule has 0 aromatic carbocycles. The number of amides is 1. The van der Waals surface area contributed by atoms with Gasteiger partial charge >= 0.3 is 0 Å². The third kappa shape index (κ3) is 3.95. The van der Waals surface area contributed by atoms with E-state index < -0.39 is 0 Å². The fourth-order valence-corrected chi connectivity index (χ4v) is 2.63. The molecule has 24 heavy (non-hydrogen) atoms. The van der Waals surface area contributed by atoms with E-state index in [2.05, 4.69) is 15.1 Å². The zero-order valence-corrected chi connectivity index (χ0v) is 13.5. The Kier molecular flexibility index (Phi) is 4.83. The first kappa shape index (κ1) is 16.1. The van der Waals surface area contributed by atoms with Crippen LogP contribution in [0.3, 0.4) is 0 Å². The summed E-state index contributed by atoms with van der Waals surface area (Å²) in [6.45, 7) is 2.97. The van der Waals surface area contributed by atoms with Crippen LogP contribution >= 0.6 is 0 Å². The van der Waals surface area contributed by atoms with Crippen molar-refractivity contribution in [1.29, 1.82) is 0 Å². The first-order chi connectivity index (χ1) is 11.6. The Morgan fingerprint density at radius 2 is 2.08 bits per heavy atom. The molecule has 3 rings (SSSR count). The summed E-state index contributed by atoms with van der Waals surface area (Å²) < 4.78 is 7.02. The Labute approximate surface area is 139 Å². The van der Waals surface area contributed by atoms with Gasteiger partial charge in [-0.2, -0.15) is 10.1 Å². The Bertz CT molecular complexity index is 768. The van der Waals surface area contributed by atoms with Crippen LogP contribution in [0.4, 0.5) is 0 Å². The second-order valence-electron chi connectivity index (χ2n) is 5.66. The minimum absolute atomic E-state index is 0.0286. The number of aryl methyl sites for hydroxylation is 1. The van der Waals surface area contributed by atoms with Crippen molar-refractivity contribution in [3.05, 3.63) is 46.8 Å². The van der Waals surface area contributed by atoms with Crippen LogP contribution in [-0.2, 0) is 11.3 Å². The predicted octanol–water partition coefficient (Wildman–Crippen LogP) is 0.412. The Balaban J connectivity index is 1.52. The maximum Gasteiger partial charge on any atom is 0.267 e. The van der Waals surface area contributed by atoms with Gasteiger partial charge in [-0.15, -0.1) is 0 Å². The number of aromatic nitrogens is 4. The largest absolute Gasteiger partial charge is 0.474 e. The van der Waals surface area contributed by atoms with E-state index in [9.17, 15) is 9.59 Å². The van der Waals surface area contributed by atoms with Gasteiger partial charge in [0.1, 0.15) is 18.5 Å². The highest BCUT2D eigenvalue weighted by Gasteiger charge is 2.24. The van der Waals surface area contributed by atoms with Gasteiger partial charge in [-0.25, -0.2) is 9.67 Å². The van der Waals surface area contributed by atoms with Crippen LogP contribution < -0.4 is 10.3 Å². The second kappa shape index (κ2) is 7.20. The lowest BCUT2D eigenvalue weighted by Gasteiger charge is -2.32. The monoisotopic (exact) mass is 329 g/mol. The summed E-state index contributed by atoms with van der Waals surface area (Å²) in [5.41, 5.74) is -0.275. The minimum atomic E-state index is -0.275. The summed E-state index contributed by atoms with van der Waals surface area (Å²) in [4.78, 5) is 33.9. The van der Waals surface area contributed by atoms with Crippen molar-refractivity contribution in [3.63, 3.8) is 0 Å². The van der Waals surface area contributed by atoms with Gasteiger partial charge < -0.3 is 9.64 Å². The molecule has 0 aliphatic carbocycles. The number of likely N-dealkylation sites (tertiary alicyclic amines) is 1. The van der Waals surface area contributed by atoms with Crippen LogP contribution in [0.5, 0.6) is 5.88 Å². The molecule has 0 unspecified atom stereocenters. The number of nitrogens with zero attached hydrogens (tertiary/aromatic N) is 5. The van der Waals surface area contributed by atoms with E-state index in [0.717, 1.165) is 12.8 Å². The van der Waals surface area contributed by atoms with Gasteiger partial charge in [0.25, 0.3) is 5.56 Å². The Morgan fingerprint density at radius 1 is 1.29 bits per heavy atom. The Morgan fingerprint density at radius 3 is 2.79 bits per heavy atom. The average Bonchev–Trinajstić information content (AvgIpc) is 2.57. The van der Waals surface area contributed by atoms with Crippen LogP contribution in [0.2, 0.25) is 0 Å². The molecule has 8 heteroatoms. The molecule has 2 aromatic rings. The molecule has 0 saturated carbocycles. The van der Waals surface area contributed by atoms with Crippen LogP contribution in [-0.4, -0.2) is 49.7 Å².